The van der Waals surface area contributed by atoms with Crippen LogP contribution in [0.25, 0.3) is 0 Å². The molecule has 0 spiro atoms. The lowest BCUT2D eigenvalue weighted by Gasteiger charge is -2.15. The maximum absolute atomic E-state index is 12.3. The second kappa shape index (κ2) is 7.98. The third-order valence-corrected chi connectivity index (χ3v) is 4.77. The van der Waals surface area contributed by atoms with Gasteiger partial charge in [0.15, 0.2) is 9.84 Å². The number of rotatable bonds is 7. The number of ether oxygens (including phenoxy) is 1. The first-order valence-electron chi connectivity index (χ1n) is 7.76. The van der Waals surface area contributed by atoms with Crippen molar-refractivity contribution < 1.29 is 17.9 Å². The van der Waals surface area contributed by atoms with Crippen molar-refractivity contribution in [2.24, 2.45) is 0 Å². The van der Waals surface area contributed by atoms with E-state index < -0.39 is 9.84 Å². The Labute approximate surface area is 148 Å². The molecule has 0 unspecified atom stereocenters. The lowest BCUT2D eigenvalue weighted by atomic mass is 10.1. The maximum atomic E-state index is 12.3. The van der Waals surface area contributed by atoms with Crippen LogP contribution in [0, 0.1) is 0 Å². The second-order valence-corrected chi connectivity index (χ2v) is 7.68. The Hall–Kier alpha value is -2.60. The highest BCUT2D eigenvalue weighted by Gasteiger charge is 2.13. The van der Waals surface area contributed by atoms with Gasteiger partial charge in [0.2, 0.25) is 0 Å². The Morgan fingerprint density at radius 2 is 1.76 bits per heavy atom. The standard InChI is InChI=1S/C19H21NO4S/c1-4-13-24-17-9-5-16(6-10-17)19(21)20-14(2)15-7-11-18(12-8-15)25(3,22)23/h4-12,14H,1,13H2,2-3H3,(H,20,21)/t14-/m0/s1. The summed E-state index contributed by atoms with van der Waals surface area (Å²) in [6, 6.07) is 13.1. The van der Waals surface area contributed by atoms with Crippen molar-refractivity contribution in [2.45, 2.75) is 17.9 Å². The van der Waals surface area contributed by atoms with Crippen LogP contribution in [-0.4, -0.2) is 27.2 Å². The van der Waals surface area contributed by atoms with E-state index in [-0.39, 0.29) is 16.8 Å². The van der Waals surface area contributed by atoms with Gasteiger partial charge in [0.25, 0.3) is 5.91 Å². The lowest BCUT2D eigenvalue weighted by molar-refractivity contribution is 0.0940. The molecular formula is C19H21NO4S. The predicted octanol–water partition coefficient (Wildman–Crippen LogP) is 3.15. The molecule has 0 saturated carbocycles. The van der Waals surface area contributed by atoms with Gasteiger partial charge in [-0.3, -0.25) is 4.79 Å². The van der Waals surface area contributed by atoms with Crippen molar-refractivity contribution in [3.05, 3.63) is 72.3 Å². The van der Waals surface area contributed by atoms with Gasteiger partial charge in [0.05, 0.1) is 10.9 Å². The fourth-order valence-electron chi connectivity index (χ4n) is 2.22. The van der Waals surface area contributed by atoms with Crippen LogP contribution in [0.4, 0.5) is 0 Å². The molecule has 0 bridgehead atoms. The van der Waals surface area contributed by atoms with Gasteiger partial charge < -0.3 is 10.1 Å². The van der Waals surface area contributed by atoms with Gasteiger partial charge in [-0.1, -0.05) is 24.8 Å². The molecule has 0 saturated heterocycles. The van der Waals surface area contributed by atoms with Crippen LogP contribution in [0.2, 0.25) is 0 Å². The number of carbonyl (C=O) groups excluding carboxylic acids is 1. The number of benzene rings is 2. The third-order valence-electron chi connectivity index (χ3n) is 3.64. The van der Waals surface area contributed by atoms with Gasteiger partial charge in [0, 0.05) is 11.8 Å². The fraction of sp³-hybridized carbons (Fsp3) is 0.211. The van der Waals surface area contributed by atoms with E-state index in [0.29, 0.717) is 17.9 Å². The van der Waals surface area contributed by atoms with Crippen molar-refractivity contribution in [3.63, 3.8) is 0 Å². The highest BCUT2D eigenvalue weighted by Crippen LogP contribution is 2.18. The Balaban J connectivity index is 2.03. The molecule has 0 fully saturated rings. The smallest absolute Gasteiger partial charge is 0.251 e. The second-order valence-electron chi connectivity index (χ2n) is 5.66. The highest BCUT2D eigenvalue weighted by molar-refractivity contribution is 7.90. The normalized spacial score (nSPS) is 12.2. The topological polar surface area (TPSA) is 72.5 Å². The quantitative estimate of drug-likeness (QED) is 0.771. The van der Waals surface area contributed by atoms with Gasteiger partial charge in [-0.05, 0) is 48.9 Å². The summed E-state index contributed by atoms with van der Waals surface area (Å²) in [5, 5.41) is 2.89. The summed E-state index contributed by atoms with van der Waals surface area (Å²) < 4.78 is 28.3. The largest absolute Gasteiger partial charge is 0.490 e. The Bertz CT molecular complexity index is 840. The monoisotopic (exact) mass is 359 g/mol. The Kier molecular flexibility index (Phi) is 5.98. The summed E-state index contributed by atoms with van der Waals surface area (Å²) in [4.78, 5) is 12.6. The molecule has 2 rings (SSSR count). The number of amides is 1. The van der Waals surface area contributed by atoms with Gasteiger partial charge in [-0.15, -0.1) is 0 Å². The van der Waals surface area contributed by atoms with E-state index >= 15 is 0 Å². The van der Waals surface area contributed by atoms with Gasteiger partial charge in [-0.2, -0.15) is 0 Å². The van der Waals surface area contributed by atoms with E-state index in [1.807, 2.05) is 6.92 Å². The van der Waals surface area contributed by atoms with Crippen LogP contribution in [0.1, 0.15) is 28.9 Å². The minimum absolute atomic E-state index is 0.213. The molecule has 2 aromatic carbocycles. The molecule has 25 heavy (non-hydrogen) atoms. The van der Waals surface area contributed by atoms with Crippen molar-refractivity contribution in [2.75, 3.05) is 12.9 Å². The van der Waals surface area contributed by atoms with E-state index in [4.69, 9.17) is 4.74 Å². The summed E-state index contributed by atoms with van der Waals surface area (Å²) in [7, 11) is -3.23. The average Bonchev–Trinajstić information content (AvgIpc) is 2.59. The fourth-order valence-corrected chi connectivity index (χ4v) is 2.86. The summed E-state index contributed by atoms with van der Waals surface area (Å²) in [6.07, 6.45) is 2.81. The first kappa shape index (κ1) is 18.7. The van der Waals surface area contributed by atoms with Crippen LogP contribution >= 0.6 is 0 Å². The Morgan fingerprint density at radius 1 is 1.16 bits per heavy atom. The predicted molar refractivity (Wildman–Crippen MR) is 97.6 cm³/mol. The zero-order valence-electron chi connectivity index (χ0n) is 14.2. The van der Waals surface area contributed by atoms with E-state index in [1.165, 1.54) is 0 Å². The number of hydrogen-bond donors (Lipinski definition) is 1. The van der Waals surface area contributed by atoms with Crippen LogP contribution in [0.5, 0.6) is 5.75 Å². The summed E-state index contributed by atoms with van der Waals surface area (Å²) in [6.45, 7) is 5.83. The first-order valence-corrected chi connectivity index (χ1v) is 9.65. The van der Waals surface area contributed by atoms with Crippen LogP contribution in [-0.2, 0) is 9.84 Å². The molecule has 1 atom stereocenters. The van der Waals surface area contributed by atoms with E-state index in [2.05, 4.69) is 11.9 Å². The van der Waals surface area contributed by atoms with Crippen molar-refractivity contribution in [3.8, 4) is 5.75 Å². The minimum Gasteiger partial charge on any atom is -0.490 e. The molecule has 1 amide bonds. The van der Waals surface area contributed by atoms with Crippen LogP contribution in [0.3, 0.4) is 0 Å². The third kappa shape index (κ3) is 5.19. The lowest BCUT2D eigenvalue weighted by Crippen LogP contribution is -2.26. The average molecular weight is 359 g/mol. The molecular weight excluding hydrogens is 338 g/mol. The molecule has 0 aromatic heterocycles. The maximum Gasteiger partial charge on any atom is 0.251 e. The number of carbonyl (C=O) groups is 1. The van der Waals surface area contributed by atoms with Gasteiger partial charge >= 0.3 is 0 Å². The summed E-state index contributed by atoms with van der Waals surface area (Å²) >= 11 is 0. The number of hydrogen-bond acceptors (Lipinski definition) is 4. The van der Waals surface area contributed by atoms with Crippen LogP contribution < -0.4 is 10.1 Å². The Morgan fingerprint density at radius 3 is 2.28 bits per heavy atom. The first-order chi connectivity index (χ1) is 11.8. The van der Waals surface area contributed by atoms with Crippen LogP contribution in [0.15, 0.2) is 66.1 Å². The van der Waals surface area contributed by atoms with E-state index in [1.54, 1.807) is 54.6 Å². The molecule has 2 aromatic rings. The molecule has 0 radical (unpaired) electrons. The summed E-state index contributed by atoms with van der Waals surface area (Å²) in [5.74, 6) is 0.454. The van der Waals surface area contributed by atoms with Crippen molar-refractivity contribution in [1.82, 2.24) is 5.32 Å². The minimum atomic E-state index is -3.23. The number of sulfone groups is 1. The molecule has 132 valence electrons. The molecule has 1 N–H and O–H groups in total. The number of nitrogens with one attached hydrogen (secondary N) is 1. The van der Waals surface area contributed by atoms with Gasteiger partial charge in [-0.25, -0.2) is 8.42 Å². The molecule has 0 aliphatic heterocycles. The molecule has 0 aliphatic rings. The van der Waals surface area contributed by atoms with E-state index in [9.17, 15) is 13.2 Å². The zero-order valence-corrected chi connectivity index (χ0v) is 15.0. The molecule has 6 heteroatoms. The zero-order chi connectivity index (χ0) is 18.4. The molecule has 0 heterocycles. The SMILES string of the molecule is C=CCOc1ccc(C(=O)N[C@@H](C)c2ccc(S(C)(=O)=O)cc2)cc1. The summed E-state index contributed by atoms with van der Waals surface area (Å²) in [5.41, 5.74) is 1.34. The van der Waals surface area contributed by atoms with Crippen molar-refractivity contribution >= 4 is 15.7 Å². The molecule has 0 aliphatic carbocycles. The highest BCUT2D eigenvalue weighted by atomic mass is 32.2. The van der Waals surface area contributed by atoms with Crippen molar-refractivity contribution in [1.29, 1.82) is 0 Å². The molecule has 5 nitrogen and oxygen atoms in total. The van der Waals surface area contributed by atoms with E-state index in [0.717, 1.165) is 11.8 Å². The van der Waals surface area contributed by atoms with Gasteiger partial charge in [0.1, 0.15) is 12.4 Å².